The molecule has 0 aromatic heterocycles. The van der Waals surface area contributed by atoms with E-state index in [0.29, 0.717) is 6.67 Å². The Bertz CT molecular complexity index is 70.0. The molecule has 0 amide bonds. The molecule has 5 heteroatoms. The van der Waals surface area contributed by atoms with E-state index in [-0.39, 0.29) is 12.9 Å². The predicted molar refractivity (Wildman–Crippen MR) is 39.4 cm³/mol. The van der Waals surface area contributed by atoms with Crippen LogP contribution in [0.5, 0.6) is 0 Å². The van der Waals surface area contributed by atoms with Gasteiger partial charge in [-0.2, -0.15) is 0 Å². The molecule has 0 aliphatic heterocycles. The third kappa shape index (κ3) is 4.66. The lowest BCUT2D eigenvalue weighted by Crippen LogP contribution is -2.47. The molecule has 0 aliphatic carbocycles. The highest BCUT2D eigenvalue weighted by Crippen LogP contribution is 1.78. The Morgan fingerprint density at radius 2 is 2.30 bits per heavy atom. The van der Waals surface area contributed by atoms with Crippen molar-refractivity contribution >= 4 is 0 Å². The van der Waals surface area contributed by atoms with Crippen LogP contribution in [0, 0.1) is 0 Å². The van der Waals surface area contributed by atoms with Gasteiger partial charge in [0.1, 0.15) is 6.73 Å². The summed E-state index contributed by atoms with van der Waals surface area (Å²) in [5, 5.41) is 12.6. The van der Waals surface area contributed by atoms with Gasteiger partial charge in [0.05, 0.1) is 12.8 Å². The summed E-state index contributed by atoms with van der Waals surface area (Å²) in [7, 11) is 0. The third-order valence-corrected chi connectivity index (χ3v) is 1.18. The minimum atomic E-state index is -0.163. The maximum absolute atomic E-state index is 8.44. The largest absolute Gasteiger partial charge is 0.380 e. The summed E-state index contributed by atoms with van der Waals surface area (Å²) < 4.78 is 0. The van der Waals surface area contributed by atoms with E-state index in [0.717, 1.165) is 6.42 Å². The fourth-order valence-electron chi connectivity index (χ4n) is 0.429. The second kappa shape index (κ2) is 5.57. The van der Waals surface area contributed by atoms with Crippen molar-refractivity contribution in [3.8, 4) is 0 Å². The zero-order valence-corrected chi connectivity index (χ0v) is 6.25. The lowest BCUT2D eigenvalue weighted by atomic mass is 10.4. The highest BCUT2D eigenvalue weighted by Gasteiger charge is 1.98. The number of rotatable bonds is 5. The van der Waals surface area contributed by atoms with Gasteiger partial charge in [0.15, 0.2) is 0 Å². The molecule has 0 spiro atoms. The highest BCUT2D eigenvalue weighted by molar-refractivity contribution is 4.52. The average molecular weight is 148 g/mol. The summed E-state index contributed by atoms with van der Waals surface area (Å²) >= 11 is 0. The topological polar surface area (TPSA) is 87.5 Å². The van der Waals surface area contributed by atoms with Crippen LogP contribution in [0.4, 0.5) is 0 Å². The van der Waals surface area contributed by atoms with E-state index in [4.69, 9.17) is 16.7 Å². The first-order valence-electron chi connectivity index (χ1n) is 3.30. The minimum Gasteiger partial charge on any atom is -0.380 e. The molecule has 0 aliphatic rings. The second-order valence-electron chi connectivity index (χ2n) is 2.11. The fourth-order valence-corrected chi connectivity index (χ4v) is 0.429. The van der Waals surface area contributed by atoms with Gasteiger partial charge in [-0.05, 0) is 6.42 Å². The molecule has 0 heterocycles. The van der Waals surface area contributed by atoms with Gasteiger partial charge in [-0.25, -0.2) is 5.01 Å². The SMILES string of the molecule is CC[C@@H](N)NCN(N)CO. The maximum atomic E-state index is 8.44. The van der Waals surface area contributed by atoms with Crippen molar-refractivity contribution in [3.05, 3.63) is 0 Å². The molecule has 10 heavy (non-hydrogen) atoms. The number of hydrogen-bond acceptors (Lipinski definition) is 5. The molecule has 0 saturated carbocycles. The van der Waals surface area contributed by atoms with Crippen molar-refractivity contribution in [1.82, 2.24) is 10.3 Å². The van der Waals surface area contributed by atoms with E-state index < -0.39 is 0 Å². The maximum Gasteiger partial charge on any atom is 0.110 e. The van der Waals surface area contributed by atoms with Crippen molar-refractivity contribution < 1.29 is 5.11 Å². The molecule has 0 saturated heterocycles. The number of aliphatic hydroxyl groups is 1. The molecule has 1 atom stereocenters. The quantitative estimate of drug-likeness (QED) is 0.213. The van der Waals surface area contributed by atoms with Gasteiger partial charge in [-0.3, -0.25) is 11.2 Å². The molecule has 0 aromatic rings. The van der Waals surface area contributed by atoms with E-state index in [1.807, 2.05) is 6.92 Å². The first kappa shape index (κ1) is 9.80. The molecule has 5 nitrogen and oxygen atoms in total. The summed E-state index contributed by atoms with van der Waals surface area (Å²) in [6.07, 6.45) is 0.803. The Hall–Kier alpha value is -0.200. The van der Waals surface area contributed by atoms with E-state index in [2.05, 4.69) is 5.32 Å². The normalized spacial score (nSPS) is 14.1. The summed E-state index contributed by atoms with van der Waals surface area (Å²) in [6, 6.07) is 0. The summed E-state index contributed by atoms with van der Waals surface area (Å²) in [4.78, 5) is 0. The predicted octanol–water partition coefficient (Wildman–Crippen LogP) is -1.65. The van der Waals surface area contributed by atoms with E-state index in [1.165, 1.54) is 5.01 Å². The van der Waals surface area contributed by atoms with Crippen LogP contribution in [0.15, 0.2) is 0 Å². The Morgan fingerprint density at radius 1 is 1.70 bits per heavy atom. The summed E-state index contributed by atoms with van der Waals surface area (Å²) in [6.45, 7) is 2.21. The van der Waals surface area contributed by atoms with Crippen molar-refractivity contribution in [2.75, 3.05) is 13.4 Å². The van der Waals surface area contributed by atoms with Crippen LogP contribution in [-0.2, 0) is 0 Å². The second-order valence-corrected chi connectivity index (χ2v) is 2.11. The Morgan fingerprint density at radius 3 is 2.70 bits per heavy atom. The molecule has 0 aromatic carbocycles. The minimum absolute atomic E-state index is 0.0439. The average Bonchev–Trinajstić information content (AvgIpc) is 1.99. The number of hydrazine groups is 1. The molecule has 0 radical (unpaired) electrons. The smallest absolute Gasteiger partial charge is 0.110 e. The lowest BCUT2D eigenvalue weighted by Gasteiger charge is -2.16. The van der Waals surface area contributed by atoms with E-state index >= 15 is 0 Å². The van der Waals surface area contributed by atoms with Crippen molar-refractivity contribution in [3.63, 3.8) is 0 Å². The molecule has 6 N–H and O–H groups in total. The van der Waals surface area contributed by atoms with Gasteiger partial charge in [0.25, 0.3) is 0 Å². The number of nitrogens with zero attached hydrogens (tertiary/aromatic N) is 1. The Kier molecular flexibility index (Phi) is 5.46. The third-order valence-electron chi connectivity index (χ3n) is 1.18. The van der Waals surface area contributed by atoms with Crippen LogP contribution < -0.4 is 16.9 Å². The monoisotopic (exact) mass is 148 g/mol. The van der Waals surface area contributed by atoms with Gasteiger partial charge < -0.3 is 10.8 Å². The van der Waals surface area contributed by atoms with Gasteiger partial charge in [0.2, 0.25) is 0 Å². The van der Waals surface area contributed by atoms with Gasteiger partial charge in [-0.1, -0.05) is 6.92 Å². The van der Waals surface area contributed by atoms with E-state index in [1.54, 1.807) is 0 Å². The molecule has 0 rings (SSSR count). The summed E-state index contributed by atoms with van der Waals surface area (Å²) in [5.41, 5.74) is 5.50. The number of nitrogens with one attached hydrogen (secondary N) is 1. The highest BCUT2D eigenvalue weighted by atomic mass is 16.3. The molecule has 0 unspecified atom stereocenters. The molecule has 62 valence electrons. The van der Waals surface area contributed by atoms with Crippen LogP contribution in [0.25, 0.3) is 0 Å². The van der Waals surface area contributed by atoms with Gasteiger partial charge in [0, 0.05) is 0 Å². The molecule has 0 bridgehead atoms. The molecule has 0 fully saturated rings. The van der Waals surface area contributed by atoms with Crippen LogP contribution in [0.1, 0.15) is 13.3 Å². The van der Waals surface area contributed by atoms with Crippen LogP contribution in [-0.4, -0.2) is 29.7 Å². The van der Waals surface area contributed by atoms with Crippen molar-refractivity contribution in [2.45, 2.75) is 19.5 Å². The number of nitrogens with two attached hydrogens (primary N) is 2. The van der Waals surface area contributed by atoms with Crippen molar-refractivity contribution in [2.24, 2.45) is 11.6 Å². The lowest BCUT2D eigenvalue weighted by molar-refractivity contribution is 0.0959. The zero-order valence-electron chi connectivity index (χ0n) is 6.25. The summed E-state index contributed by atoms with van der Waals surface area (Å²) in [5.74, 6) is 5.24. The van der Waals surface area contributed by atoms with Gasteiger partial charge >= 0.3 is 0 Å². The first-order chi connectivity index (χ1) is 4.70. The standard InChI is InChI=1S/C5H16N4O/c1-2-5(6)8-3-9(7)4-10/h5,8,10H,2-4,6-7H2,1H3/t5-/m0/s1. The van der Waals surface area contributed by atoms with Crippen molar-refractivity contribution in [1.29, 1.82) is 0 Å². The van der Waals surface area contributed by atoms with Crippen LogP contribution in [0.2, 0.25) is 0 Å². The van der Waals surface area contributed by atoms with E-state index in [9.17, 15) is 0 Å². The molecular formula is C5H16N4O. The van der Waals surface area contributed by atoms with Gasteiger partial charge in [-0.15, -0.1) is 0 Å². The fraction of sp³-hybridized carbons (Fsp3) is 1.00. The molecular weight excluding hydrogens is 132 g/mol. The van der Waals surface area contributed by atoms with Crippen LogP contribution in [0.3, 0.4) is 0 Å². The number of hydrogen-bond donors (Lipinski definition) is 4. The Balaban J connectivity index is 3.17. The Labute approximate surface area is 61.0 Å². The number of aliphatic hydroxyl groups excluding tert-OH is 1. The first-order valence-corrected chi connectivity index (χ1v) is 3.30. The van der Waals surface area contributed by atoms with Crippen LogP contribution >= 0.6 is 0 Å². The zero-order chi connectivity index (χ0) is 7.98.